The monoisotopic (exact) mass is 412 g/mol. The lowest BCUT2D eigenvalue weighted by Gasteiger charge is -2.41. The first kappa shape index (κ1) is 19.3. The molecule has 1 aromatic rings. The summed E-state index contributed by atoms with van der Waals surface area (Å²) in [5, 5.41) is 5.73. The minimum Gasteiger partial charge on any atom is -0.375 e. The Kier molecular flexibility index (Phi) is 4.88. The number of benzene rings is 1. The maximum atomic E-state index is 13.2. The van der Waals surface area contributed by atoms with Crippen LogP contribution in [0.3, 0.4) is 0 Å². The van der Waals surface area contributed by atoms with E-state index in [1.54, 1.807) is 12.1 Å². The normalized spacial score (nSPS) is 29.6. The summed E-state index contributed by atoms with van der Waals surface area (Å²) in [7, 11) is 0. The van der Waals surface area contributed by atoms with E-state index >= 15 is 0 Å². The molecular formula is C21H24N4O5. The number of ether oxygens (including phenoxy) is 1. The molecule has 4 aliphatic heterocycles. The van der Waals surface area contributed by atoms with Crippen LogP contribution >= 0.6 is 0 Å². The number of piperidine rings is 2. The molecule has 0 saturated carbocycles. The van der Waals surface area contributed by atoms with Gasteiger partial charge in [0.25, 0.3) is 11.8 Å². The summed E-state index contributed by atoms with van der Waals surface area (Å²) < 4.78 is 5.83. The smallest absolute Gasteiger partial charge is 0.262 e. The summed E-state index contributed by atoms with van der Waals surface area (Å²) in [4.78, 5) is 53.2. The van der Waals surface area contributed by atoms with Crippen LogP contribution in [0, 0.1) is 0 Å². The first-order chi connectivity index (χ1) is 14.5. The van der Waals surface area contributed by atoms with Crippen LogP contribution in [-0.2, 0) is 20.9 Å². The van der Waals surface area contributed by atoms with E-state index in [9.17, 15) is 19.2 Å². The maximum Gasteiger partial charge on any atom is 0.262 e. The van der Waals surface area contributed by atoms with Crippen LogP contribution in [0.4, 0.5) is 0 Å². The molecule has 4 aliphatic rings. The summed E-state index contributed by atoms with van der Waals surface area (Å²) in [6.07, 6.45) is 1.42. The molecule has 9 nitrogen and oxygen atoms in total. The van der Waals surface area contributed by atoms with E-state index in [0.717, 1.165) is 43.1 Å². The fraction of sp³-hybridized carbons (Fsp3) is 0.524. The SMILES string of the molecule is O=C1CCC(N2C(=O)c3cccc(CN4CC[C@H]5OCCN[C@H]5C4)c3C2=O)C(=O)N1. The van der Waals surface area contributed by atoms with Crippen molar-refractivity contribution in [2.45, 2.75) is 44.0 Å². The van der Waals surface area contributed by atoms with E-state index in [2.05, 4.69) is 15.5 Å². The van der Waals surface area contributed by atoms with E-state index in [1.165, 1.54) is 0 Å². The van der Waals surface area contributed by atoms with Gasteiger partial charge < -0.3 is 10.1 Å². The zero-order valence-electron chi connectivity index (χ0n) is 16.6. The molecule has 0 aromatic heterocycles. The van der Waals surface area contributed by atoms with Gasteiger partial charge in [-0.15, -0.1) is 0 Å². The zero-order valence-corrected chi connectivity index (χ0v) is 16.6. The number of nitrogens with one attached hydrogen (secondary N) is 2. The highest BCUT2D eigenvalue weighted by molar-refractivity contribution is 6.24. The molecule has 5 rings (SSSR count). The summed E-state index contributed by atoms with van der Waals surface area (Å²) in [6, 6.07) is 4.61. The van der Waals surface area contributed by atoms with Gasteiger partial charge in [-0.2, -0.15) is 0 Å². The summed E-state index contributed by atoms with van der Waals surface area (Å²) in [6.45, 7) is 3.79. The van der Waals surface area contributed by atoms with Crippen LogP contribution in [0.5, 0.6) is 0 Å². The number of amides is 4. The Morgan fingerprint density at radius 2 is 1.97 bits per heavy atom. The van der Waals surface area contributed by atoms with Gasteiger partial charge in [-0.25, -0.2) is 0 Å². The van der Waals surface area contributed by atoms with Gasteiger partial charge in [0.2, 0.25) is 11.8 Å². The molecule has 0 spiro atoms. The van der Waals surface area contributed by atoms with Gasteiger partial charge in [0, 0.05) is 38.6 Å². The Balaban J connectivity index is 1.37. The number of likely N-dealkylation sites (tertiary alicyclic amines) is 1. The average molecular weight is 412 g/mol. The molecule has 3 atom stereocenters. The number of imide groups is 2. The predicted molar refractivity (Wildman–Crippen MR) is 105 cm³/mol. The van der Waals surface area contributed by atoms with Crippen molar-refractivity contribution >= 4 is 23.6 Å². The van der Waals surface area contributed by atoms with Gasteiger partial charge >= 0.3 is 0 Å². The minimum atomic E-state index is -0.942. The topological polar surface area (TPSA) is 108 Å². The second kappa shape index (κ2) is 7.57. The van der Waals surface area contributed by atoms with E-state index in [1.807, 2.05) is 6.07 Å². The van der Waals surface area contributed by atoms with Gasteiger partial charge in [0.15, 0.2) is 0 Å². The average Bonchev–Trinajstić information content (AvgIpc) is 2.99. The van der Waals surface area contributed by atoms with Crippen molar-refractivity contribution < 1.29 is 23.9 Å². The fourth-order valence-corrected chi connectivity index (χ4v) is 4.95. The van der Waals surface area contributed by atoms with E-state index < -0.39 is 23.8 Å². The van der Waals surface area contributed by atoms with Crippen LogP contribution in [0.1, 0.15) is 45.5 Å². The Morgan fingerprint density at radius 3 is 2.80 bits per heavy atom. The molecular weight excluding hydrogens is 388 g/mol. The Bertz CT molecular complexity index is 932. The second-order valence-electron chi connectivity index (χ2n) is 8.28. The zero-order chi connectivity index (χ0) is 20.8. The van der Waals surface area contributed by atoms with Crippen molar-refractivity contribution in [2.24, 2.45) is 0 Å². The molecule has 0 radical (unpaired) electrons. The molecule has 1 aromatic carbocycles. The number of carbonyl (C=O) groups is 4. The van der Waals surface area contributed by atoms with Crippen molar-refractivity contribution in [2.75, 3.05) is 26.2 Å². The van der Waals surface area contributed by atoms with Gasteiger partial charge in [-0.1, -0.05) is 12.1 Å². The fourth-order valence-electron chi connectivity index (χ4n) is 4.95. The summed E-state index contributed by atoms with van der Waals surface area (Å²) in [5.41, 5.74) is 1.49. The highest BCUT2D eigenvalue weighted by Crippen LogP contribution is 2.31. The number of rotatable bonds is 3. The molecule has 3 fully saturated rings. The van der Waals surface area contributed by atoms with Crippen molar-refractivity contribution in [1.29, 1.82) is 0 Å². The van der Waals surface area contributed by atoms with Crippen molar-refractivity contribution in [3.8, 4) is 0 Å². The largest absolute Gasteiger partial charge is 0.375 e. The molecule has 1 unspecified atom stereocenters. The van der Waals surface area contributed by atoms with Gasteiger partial charge in [-0.05, 0) is 24.5 Å². The molecule has 2 N–H and O–H groups in total. The van der Waals surface area contributed by atoms with Crippen LogP contribution in [0.2, 0.25) is 0 Å². The predicted octanol–water partition coefficient (Wildman–Crippen LogP) is -0.349. The number of hydrogen-bond donors (Lipinski definition) is 2. The Labute approximate surface area is 173 Å². The quantitative estimate of drug-likeness (QED) is 0.654. The van der Waals surface area contributed by atoms with Crippen LogP contribution in [-0.4, -0.2) is 77.9 Å². The van der Waals surface area contributed by atoms with Gasteiger partial charge in [0.05, 0.1) is 23.8 Å². The lowest BCUT2D eigenvalue weighted by Crippen LogP contribution is -2.58. The van der Waals surface area contributed by atoms with E-state index in [-0.39, 0.29) is 30.9 Å². The van der Waals surface area contributed by atoms with Crippen LogP contribution in [0.15, 0.2) is 18.2 Å². The molecule has 158 valence electrons. The van der Waals surface area contributed by atoms with Crippen molar-refractivity contribution in [3.63, 3.8) is 0 Å². The van der Waals surface area contributed by atoms with Crippen molar-refractivity contribution in [3.05, 3.63) is 34.9 Å². The molecule has 4 amide bonds. The number of morpholine rings is 1. The lowest BCUT2D eigenvalue weighted by molar-refractivity contribution is -0.136. The minimum absolute atomic E-state index is 0.113. The standard InChI is InChI=1S/C21H24N4O5/c26-17-5-4-15(19(27)23-17)25-20(28)13-3-1-2-12(18(13)21(25)29)10-24-8-6-16-14(11-24)22-7-9-30-16/h1-3,14-16,22H,4-11H2,(H,23,26,27)/t14-,15?,16+/m0/s1. The number of hydrogen-bond acceptors (Lipinski definition) is 7. The first-order valence-electron chi connectivity index (χ1n) is 10.4. The highest BCUT2D eigenvalue weighted by atomic mass is 16.5. The Morgan fingerprint density at radius 1 is 1.10 bits per heavy atom. The summed E-state index contributed by atoms with van der Waals surface area (Å²) >= 11 is 0. The molecule has 4 heterocycles. The third-order valence-corrected chi connectivity index (χ3v) is 6.42. The summed E-state index contributed by atoms with van der Waals surface area (Å²) in [5.74, 6) is -1.88. The first-order valence-corrected chi connectivity index (χ1v) is 10.4. The lowest BCUT2D eigenvalue weighted by atomic mass is 9.98. The van der Waals surface area contributed by atoms with E-state index in [4.69, 9.17) is 4.74 Å². The van der Waals surface area contributed by atoms with Crippen molar-refractivity contribution in [1.82, 2.24) is 20.4 Å². The van der Waals surface area contributed by atoms with Gasteiger partial charge in [-0.3, -0.25) is 34.3 Å². The van der Waals surface area contributed by atoms with E-state index in [0.29, 0.717) is 17.7 Å². The second-order valence-corrected chi connectivity index (χ2v) is 8.28. The number of fused-ring (bicyclic) bond motifs is 2. The number of carbonyl (C=O) groups excluding carboxylic acids is 4. The number of nitrogens with zero attached hydrogens (tertiary/aromatic N) is 2. The molecule has 3 saturated heterocycles. The maximum absolute atomic E-state index is 13.2. The van der Waals surface area contributed by atoms with Crippen LogP contribution in [0.25, 0.3) is 0 Å². The van der Waals surface area contributed by atoms with Crippen LogP contribution < -0.4 is 10.6 Å². The highest BCUT2D eigenvalue weighted by Gasteiger charge is 2.45. The Hall–Kier alpha value is -2.62. The molecule has 0 bridgehead atoms. The molecule has 30 heavy (non-hydrogen) atoms. The van der Waals surface area contributed by atoms with Gasteiger partial charge in [0.1, 0.15) is 6.04 Å². The molecule has 0 aliphatic carbocycles. The third kappa shape index (κ3) is 3.23. The third-order valence-electron chi connectivity index (χ3n) is 6.42. The molecule has 9 heteroatoms.